The number of nitrogens with zero attached hydrogens (tertiary/aromatic N) is 3. The van der Waals surface area contributed by atoms with Crippen molar-refractivity contribution in [3.63, 3.8) is 0 Å². The van der Waals surface area contributed by atoms with Crippen LogP contribution in [0.15, 0.2) is 40.0 Å². The molecular weight excluding hydrogens is 502 g/mol. The summed E-state index contributed by atoms with van der Waals surface area (Å²) in [6.07, 6.45) is 2.55. The van der Waals surface area contributed by atoms with Gasteiger partial charge in [-0.1, -0.05) is 23.9 Å². The van der Waals surface area contributed by atoms with Crippen LogP contribution in [0.25, 0.3) is 0 Å². The summed E-state index contributed by atoms with van der Waals surface area (Å²) in [5, 5.41) is 11.4. The Morgan fingerprint density at radius 1 is 1.22 bits per heavy atom. The lowest BCUT2D eigenvalue weighted by molar-refractivity contribution is -0.113. The monoisotopic (exact) mass is 524 g/mol. The Labute approximate surface area is 197 Å². The van der Waals surface area contributed by atoms with Gasteiger partial charge in [0.1, 0.15) is 17.4 Å². The molecule has 2 aromatic carbocycles. The maximum atomic E-state index is 13.9. The Kier molecular flexibility index (Phi) is 8.25. The van der Waals surface area contributed by atoms with Crippen molar-refractivity contribution in [2.24, 2.45) is 7.05 Å². The van der Waals surface area contributed by atoms with Crippen molar-refractivity contribution in [1.29, 1.82) is 0 Å². The molecule has 0 spiro atoms. The van der Waals surface area contributed by atoms with Crippen LogP contribution < -0.4 is 10.1 Å². The molecule has 1 aromatic heterocycles. The number of anilines is 1. The molecule has 6 nitrogen and oxygen atoms in total. The van der Waals surface area contributed by atoms with Crippen LogP contribution in [0.2, 0.25) is 0 Å². The Morgan fingerprint density at radius 2 is 2.00 bits per heavy atom. The number of aryl methyl sites for hydroxylation is 3. The van der Waals surface area contributed by atoms with Crippen LogP contribution in [-0.4, -0.2) is 33.5 Å². The number of amides is 1. The third-order valence-corrected chi connectivity index (χ3v) is 6.50. The summed E-state index contributed by atoms with van der Waals surface area (Å²) in [5.41, 5.74) is 2.24. The fraction of sp³-hybridized carbons (Fsp3) is 0.318. The second-order valence-corrected chi connectivity index (χ2v) is 8.99. The summed E-state index contributed by atoms with van der Waals surface area (Å²) in [6.45, 7) is 2.02. The number of methoxy groups -OCH3 is 1. The first-order valence-electron chi connectivity index (χ1n) is 9.87. The molecule has 0 unspecified atom stereocenters. The van der Waals surface area contributed by atoms with E-state index >= 15 is 0 Å². The number of aromatic nitrogens is 3. The highest BCUT2D eigenvalue weighted by Crippen LogP contribution is 2.27. The van der Waals surface area contributed by atoms with Crippen LogP contribution in [0, 0.1) is 18.6 Å². The fourth-order valence-corrected chi connectivity index (χ4v) is 4.44. The summed E-state index contributed by atoms with van der Waals surface area (Å²) >= 11 is 4.25. The normalized spacial score (nSPS) is 10.9. The number of carbonyl (C=O) groups excluding carboxylic acids is 1. The molecule has 3 aromatic rings. The third-order valence-electron chi connectivity index (χ3n) is 4.85. The van der Waals surface area contributed by atoms with Gasteiger partial charge in [-0.15, -0.1) is 10.2 Å². The molecule has 32 heavy (non-hydrogen) atoms. The Morgan fingerprint density at radius 3 is 2.69 bits per heavy atom. The van der Waals surface area contributed by atoms with E-state index in [1.54, 1.807) is 7.11 Å². The van der Waals surface area contributed by atoms with E-state index in [9.17, 15) is 13.6 Å². The van der Waals surface area contributed by atoms with Crippen molar-refractivity contribution in [1.82, 2.24) is 14.8 Å². The zero-order chi connectivity index (χ0) is 23.3. The zero-order valence-electron chi connectivity index (χ0n) is 17.9. The summed E-state index contributed by atoms with van der Waals surface area (Å²) in [5.74, 6) is -0.285. The van der Waals surface area contributed by atoms with Gasteiger partial charge in [0.15, 0.2) is 11.0 Å². The van der Waals surface area contributed by atoms with Crippen LogP contribution in [0.3, 0.4) is 0 Å². The lowest BCUT2D eigenvalue weighted by atomic mass is 10.0. The predicted molar refractivity (Wildman–Crippen MR) is 124 cm³/mol. The van der Waals surface area contributed by atoms with Crippen molar-refractivity contribution >= 4 is 39.3 Å². The van der Waals surface area contributed by atoms with E-state index in [0.29, 0.717) is 5.16 Å². The summed E-state index contributed by atoms with van der Waals surface area (Å²) in [4.78, 5) is 12.2. The summed E-state index contributed by atoms with van der Waals surface area (Å²) in [6, 6.07) is 7.97. The average Bonchev–Trinajstić information content (AvgIpc) is 3.09. The van der Waals surface area contributed by atoms with Crippen LogP contribution in [0.4, 0.5) is 14.5 Å². The lowest BCUT2D eigenvalue weighted by Crippen LogP contribution is -2.16. The Balaban J connectivity index is 1.51. The van der Waals surface area contributed by atoms with Gasteiger partial charge in [0.05, 0.1) is 18.6 Å². The zero-order valence-corrected chi connectivity index (χ0v) is 20.3. The van der Waals surface area contributed by atoms with Crippen LogP contribution in [0.5, 0.6) is 5.75 Å². The SMILES string of the molecule is COc1ccc(CCCc2nnc(SCC(=O)Nc3c(F)cc(F)cc3Br)n2C)cc1C. The van der Waals surface area contributed by atoms with Crippen LogP contribution in [0.1, 0.15) is 23.4 Å². The van der Waals surface area contributed by atoms with Crippen molar-refractivity contribution in [3.8, 4) is 5.75 Å². The summed E-state index contributed by atoms with van der Waals surface area (Å²) < 4.78 is 34.4. The van der Waals surface area contributed by atoms with Crippen molar-refractivity contribution < 1.29 is 18.3 Å². The van der Waals surface area contributed by atoms with Gasteiger partial charge in [-0.05, 0) is 59.0 Å². The van der Waals surface area contributed by atoms with Crippen LogP contribution in [-0.2, 0) is 24.7 Å². The number of carbonyl (C=O) groups is 1. The van der Waals surface area contributed by atoms with Gasteiger partial charge in [-0.3, -0.25) is 4.79 Å². The molecule has 1 amide bonds. The fourth-order valence-electron chi connectivity index (χ4n) is 3.20. The maximum Gasteiger partial charge on any atom is 0.234 e. The first-order chi connectivity index (χ1) is 15.3. The number of nitrogens with one attached hydrogen (secondary N) is 1. The van der Waals surface area contributed by atoms with E-state index in [1.807, 2.05) is 24.6 Å². The maximum absolute atomic E-state index is 13.9. The number of thioether (sulfide) groups is 1. The highest BCUT2D eigenvalue weighted by molar-refractivity contribution is 9.10. The molecule has 0 bridgehead atoms. The summed E-state index contributed by atoms with van der Waals surface area (Å²) in [7, 11) is 3.51. The molecule has 0 saturated heterocycles. The topological polar surface area (TPSA) is 69.0 Å². The molecule has 1 N–H and O–H groups in total. The molecule has 0 aliphatic carbocycles. The molecule has 0 radical (unpaired) electrons. The molecule has 170 valence electrons. The van der Waals surface area contributed by atoms with Crippen molar-refractivity contribution in [2.75, 3.05) is 18.2 Å². The van der Waals surface area contributed by atoms with Crippen LogP contribution >= 0.6 is 27.7 Å². The smallest absolute Gasteiger partial charge is 0.234 e. The second kappa shape index (κ2) is 10.9. The minimum Gasteiger partial charge on any atom is -0.496 e. The third kappa shape index (κ3) is 6.07. The molecule has 0 aliphatic heterocycles. The highest BCUT2D eigenvalue weighted by Gasteiger charge is 2.15. The second-order valence-electron chi connectivity index (χ2n) is 7.20. The van der Waals surface area contributed by atoms with E-state index in [2.05, 4.69) is 43.6 Å². The van der Waals surface area contributed by atoms with Gasteiger partial charge in [0, 0.05) is 24.0 Å². The van der Waals surface area contributed by atoms with Gasteiger partial charge in [-0.25, -0.2) is 8.78 Å². The molecular formula is C22H23BrF2N4O2S. The van der Waals surface area contributed by atoms with E-state index in [4.69, 9.17) is 4.74 Å². The number of benzene rings is 2. The first kappa shape index (κ1) is 24.2. The number of halogens is 3. The van der Waals surface area contributed by atoms with Gasteiger partial charge < -0.3 is 14.6 Å². The molecule has 3 rings (SSSR count). The lowest BCUT2D eigenvalue weighted by Gasteiger charge is -2.09. The minimum absolute atomic E-state index is 0.0142. The van der Waals surface area contributed by atoms with E-state index in [1.165, 1.54) is 17.3 Å². The van der Waals surface area contributed by atoms with Gasteiger partial charge >= 0.3 is 0 Å². The van der Waals surface area contributed by atoms with Gasteiger partial charge in [0.2, 0.25) is 5.91 Å². The van der Waals surface area contributed by atoms with E-state index < -0.39 is 17.5 Å². The quantitative estimate of drug-likeness (QED) is 0.395. The Hall–Kier alpha value is -2.46. The number of hydrogen-bond acceptors (Lipinski definition) is 5. The van der Waals surface area contributed by atoms with Gasteiger partial charge in [0.25, 0.3) is 0 Å². The molecule has 1 heterocycles. The number of rotatable bonds is 9. The highest BCUT2D eigenvalue weighted by atomic mass is 79.9. The van der Waals surface area contributed by atoms with E-state index in [0.717, 1.165) is 48.5 Å². The first-order valence-corrected chi connectivity index (χ1v) is 11.6. The number of ether oxygens (including phenoxy) is 1. The van der Waals surface area contributed by atoms with Crippen molar-refractivity contribution in [3.05, 3.63) is 63.4 Å². The predicted octanol–water partition coefficient (Wildman–Crippen LogP) is 5.08. The molecule has 0 atom stereocenters. The van der Waals surface area contributed by atoms with E-state index in [-0.39, 0.29) is 15.9 Å². The minimum atomic E-state index is -0.844. The molecule has 10 heteroatoms. The average molecular weight is 525 g/mol. The standard InChI is InChI=1S/C22H23BrF2N4O2S/c1-13-9-14(7-8-18(13)31-3)5-4-6-19-27-28-22(29(19)2)32-12-20(30)26-21-16(23)10-15(24)11-17(21)25/h7-11H,4-6,12H2,1-3H3,(H,26,30). The largest absolute Gasteiger partial charge is 0.496 e. The molecule has 0 saturated carbocycles. The van der Waals surface area contributed by atoms with Gasteiger partial charge in [-0.2, -0.15) is 0 Å². The molecule has 0 fully saturated rings. The number of hydrogen-bond donors (Lipinski definition) is 1. The molecule has 0 aliphatic rings. The van der Waals surface area contributed by atoms with Crippen molar-refractivity contribution in [2.45, 2.75) is 31.3 Å². The Bertz CT molecular complexity index is 1100.